The van der Waals surface area contributed by atoms with Crippen molar-refractivity contribution in [2.75, 3.05) is 6.61 Å². The van der Waals surface area contributed by atoms with Crippen molar-refractivity contribution >= 4 is 0 Å². The molecule has 0 saturated heterocycles. The van der Waals surface area contributed by atoms with E-state index >= 15 is 0 Å². The predicted octanol–water partition coefficient (Wildman–Crippen LogP) is 1.87. The predicted molar refractivity (Wildman–Crippen MR) is 66.8 cm³/mol. The molecule has 1 aromatic heterocycles. The van der Waals surface area contributed by atoms with Gasteiger partial charge in [-0.25, -0.2) is 4.98 Å². The van der Waals surface area contributed by atoms with Gasteiger partial charge in [-0.15, -0.1) is 0 Å². The van der Waals surface area contributed by atoms with Crippen LogP contribution in [0.25, 0.3) is 0 Å². The number of nitrogens with zero attached hydrogens (tertiary/aromatic N) is 2. The van der Waals surface area contributed by atoms with Gasteiger partial charge in [-0.2, -0.15) is 0 Å². The van der Waals surface area contributed by atoms with E-state index in [-0.39, 0.29) is 6.04 Å². The number of rotatable bonds is 4. The lowest BCUT2D eigenvalue weighted by atomic mass is 10.0. The molecule has 0 aliphatic carbocycles. The van der Waals surface area contributed by atoms with Crippen LogP contribution in [0.2, 0.25) is 0 Å². The Labute approximate surface area is 101 Å². The molecule has 0 aliphatic rings. The first-order valence-corrected chi connectivity index (χ1v) is 5.67. The minimum Gasteiger partial charge on any atom is -0.494 e. The minimum atomic E-state index is -0.178. The number of aromatic nitrogens is 2. The fourth-order valence-electron chi connectivity index (χ4n) is 1.80. The van der Waals surface area contributed by atoms with Crippen LogP contribution in [0.1, 0.15) is 24.2 Å². The Kier molecular flexibility index (Phi) is 3.44. The molecule has 90 valence electrons. The SMILES string of the molecule is CCOc1cccc(C(N)c2cncn2C)c1. The summed E-state index contributed by atoms with van der Waals surface area (Å²) in [6, 6.07) is 7.68. The zero-order valence-corrected chi connectivity index (χ0v) is 10.1. The van der Waals surface area contributed by atoms with E-state index in [0.29, 0.717) is 6.61 Å². The molecule has 2 rings (SSSR count). The van der Waals surface area contributed by atoms with Gasteiger partial charge in [0.2, 0.25) is 0 Å². The van der Waals surface area contributed by atoms with Crippen LogP contribution < -0.4 is 10.5 Å². The van der Waals surface area contributed by atoms with Gasteiger partial charge in [0.1, 0.15) is 5.75 Å². The van der Waals surface area contributed by atoms with Crippen LogP contribution in [-0.4, -0.2) is 16.2 Å². The fraction of sp³-hybridized carbons (Fsp3) is 0.308. The minimum absolute atomic E-state index is 0.178. The molecule has 2 aromatic rings. The first-order valence-electron chi connectivity index (χ1n) is 5.67. The Morgan fingerprint density at radius 1 is 1.47 bits per heavy atom. The summed E-state index contributed by atoms with van der Waals surface area (Å²) in [6.07, 6.45) is 3.54. The van der Waals surface area contributed by atoms with Gasteiger partial charge in [-0.3, -0.25) is 0 Å². The average Bonchev–Trinajstić information content (AvgIpc) is 2.75. The molecule has 0 saturated carbocycles. The quantitative estimate of drug-likeness (QED) is 0.874. The highest BCUT2D eigenvalue weighted by atomic mass is 16.5. The third-order valence-corrected chi connectivity index (χ3v) is 2.70. The highest BCUT2D eigenvalue weighted by Gasteiger charge is 2.12. The largest absolute Gasteiger partial charge is 0.494 e. The van der Waals surface area contributed by atoms with Crippen molar-refractivity contribution < 1.29 is 4.74 Å². The van der Waals surface area contributed by atoms with Crippen LogP contribution in [0.3, 0.4) is 0 Å². The highest BCUT2D eigenvalue weighted by Crippen LogP contribution is 2.22. The molecule has 2 N–H and O–H groups in total. The maximum absolute atomic E-state index is 6.21. The zero-order chi connectivity index (χ0) is 12.3. The normalized spacial score (nSPS) is 12.4. The summed E-state index contributed by atoms with van der Waals surface area (Å²) in [4.78, 5) is 4.08. The van der Waals surface area contributed by atoms with Gasteiger partial charge in [0, 0.05) is 7.05 Å². The molecule has 0 radical (unpaired) electrons. The summed E-state index contributed by atoms with van der Waals surface area (Å²) in [5.74, 6) is 0.850. The van der Waals surface area contributed by atoms with E-state index in [9.17, 15) is 0 Å². The number of ether oxygens (including phenoxy) is 1. The van der Waals surface area contributed by atoms with Crippen molar-refractivity contribution in [1.29, 1.82) is 0 Å². The number of imidazole rings is 1. The van der Waals surface area contributed by atoms with Crippen molar-refractivity contribution in [1.82, 2.24) is 9.55 Å². The summed E-state index contributed by atoms with van der Waals surface area (Å²) in [5.41, 5.74) is 8.22. The van der Waals surface area contributed by atoms with Gasteiger partial charge >= 0.3 is 0 Å². The molecule has 1 unspecified atom stereocenters. The third-order valence-electron chi connectivity index (χ3n) is 2.70. The summed E-state index contributed by atoms with van der Waals surface area (Å²) in [6.45, 7) is 2.62. The van der Waals surface area contributed by atoms with E-state index < -0.39 is 0 Å². The van der Waals surface area contributed by atoms with Crippen LogP contribution >= 0.6 is 0 Å². The number of benzene rings is 1. The monoisotopic (exact) mass is 231 g/mol. The molecule has 1 aromatic carbocycles. The lowest BCUT2D eigenvalue weighted by Gasteiger charge is -2.14. The van der Waals surface area contributed by atoms with Crippen molar-refractivity contribution in [2.24, 2.45) is 12.8 Å². The Bertz CT molecular complexity index is 493. The maximum Gasteiger partial charge on any atom is 0.119 e. The molecule has 0 bridgehead atoms. The van der Waals surface area contributed by atoms with E-state index in [1.165, 1.54) is 0 Å². The lowest BCUT2D eigenvalue weighted by Crippen LogP contribution is -2.15. The van der Waals surface area contributed by atoms with Crippen LogP contribution in [-0.2, 0) is 7.05 Å². The van der Waals surface area contributed by atoms with Crippen molar-refractivity contribution in [2.45, 2.75) is 13.0 Å². The zero-order valence-electron chi connectivity index (χ0n) is 10.1. The first kappa shape index (κ1) is 11.7. The highest BCUT2D eigenvalue weighted by molar-refractivity contribution is 5.34. The number of aryl methyl sites for hydroxylation is 1. The van der Waals surface area contributed by atoms with Crippen molar-refractivity contribution in [3.05, 3.63) is 48.0 Å². The molecule has 4 nitrogen and oxygen atoms in total. The number of hydrogen-bond donors (Lipinski definition) is 1. The van der Waals surface area contributed by atoms with Gasteiger partial charge in [-0.05, 0) is 24.6 Å². The van der Waals surface area contributed by atoms with E-state index in [2.05, 4.69) is 4.98 Å². The van der Waals surface area contributed by atoms with Gasteiger partial charge in [0.25, 0.3) is 0 Å². The van der Waals surface area contributed by atoms with Crippen LogP contribution in [0.15, 0.2) is 36.8 Å². The number of hydrogen-bond acceptors (Lipinski definition) is 3. The Balaban J connectivity index is 2.28. The van der Waals surface area contributed by atoms with Gasteiger partial charge in [0.05, 0.1) is 30.9 Å². The summed E-state index contributed by atoms with van der Waals surface area (Å²) >= 11 is 0. The maximum atomic E-state index is 6.21. The van der Waals surface area contributed by atoms with Crippen LogP contribution in [0.4, 0.5) is 0 Å². The second-order valence-electron chi connectivity index (χ2n) is 3.91. The smallest absolute Gasteiger partial charge is 0.119 e. The molecule has 0 amide bonds. The van der Waals surface area contributed by atoms with Crippen molar-refractivity contribution in [3.8, 4) is 5.75 Å². The summed E-state index contributed by atoms with van der Waals surface area (Å²) in [5, 5.41) is 0. The van der Waals surface area contributed by atoms with E-state index in [1.807, 2.05) is 42.8 Å². The Hall–Kier alpha value is -1.81. The van der Waals surface area contributed by atoms with Gasteiger partial charge in [-0.1, -0.05) is 12.1 Å². The van der Waals surface area contributed by atoms with E-state index in [0.717, 1.165) is 17.0 Å². The molecule has 4 heteroatoms. The second kappa shape index (κ2) is 5.01. The van der Waals surface area contributed by atoms with Crippen LogP contribution in [0.5, 0.6) is 5.75 Å². The topological polar surface area (TPSA) is 53.1 Å². The fourth-order valence-corrected chi connectivity index (χ4v) is 1.80. The first-order chi connectivity index (χ1) is 8.22. The molecular weight excluding hydrogens is 214 g/mol. The van der Waals surface area contributed by atoms with Gasteiger partial charge < -0.3 is 15.0 Å². The second-order valence-corrected chi connectivity index (χ2v) is 3.91. The standard InChI is InChI=1S/C13H17N3O/c1-3-17-11-6-4-5-10(7-11)13(14)12-8-15-9-16(12)2/h4-9,13H,3,14H2,1-2H3. The van der Waals surface area contributed by atoms with Crippen LogP contribution in [0, 0.1) is 0 Å². The third kappa shape index (κ3) is 2.47. The molecule has 1 atom stereocenters. The molecule has 1 heterocycles. The van der Waals surface area contributed by atoms with Crippen molar-refractivity contribution in [3.63, 3.8) is 0 Å². The van der Waals surface area contributed by atoms with E-state index in [1.54, 1.807) is 12.5 Å². The molecule has 0 aliphatic heterocycles. The molecule has 17 heavy (non-hydrogen) atoms. The average molecular weight is 231 g/mol. The Morgan fingerprint density at radius 2 is 2.29 bits per heavy atom. The number of nitrogens with two attached hydrogens (primary N) is 1. The molecule has 0 fully saturated rings. The summed E-state index contributed by atoms with van der Waals surface area (Å²) < 4.78 is 7.39. The molecule has 0 spiro atoms. The Morgan fingerprint density at radius 3 is 2.94 bits per heavy atom. The molecular formula is C13H17N3O. The van der Waals surface area contributed by atoms with Gasteiger partial charge in [0.15, 0.2) is 0 Å². The van der Waals surface area contributed by atoms with E-state index in [4.69, 9.17) is 10.5 Å². The summed E-state index contributed by atoms with van der Waals surface area (Å²) in [7, 11) is 1.94. The lowest BCUT2D eigenvalue weighted by molar-refractivity contribution is 0.340.